The Balaban J connectivity index is 1.70. The van der Waals surface area contributed by atoms with Crippen LogP contribution in [-0.4, -0.2) is 44.5 Å². The van der Waals surface area contributed by atoms with Gasteiger partial charge in [0.05, 0.1) is 17.8 Å². The Labute approximate surface area is 124 Å². The van der Waals surface area contributed by atoms with Crippen molar-refractivity contribution < 1.29 is 4.52 Å². The van der Waals surface area contributed by atoms with Crippen LogP contribution in [0.2, 0.25) is 0 Å². The van der Waals surface area contributed by atoms with E-state index in [1.807, 2.05) is 14.0 Å². The van der Waals surface area contributed by atoms with Crippen molar-refractivity contribution in [2.75, 3.05) is 19.6 Å². The SMILES string of the molecule is Cc1c(-c2nc(C(N)CN3CCCCC3)no2)cnn1C. The summed E-state index contributed by atoms with van der Waals surface area (Å²) < 4.78 is 7.13. The van der Waals surface area contributed by atoms with Gasteiger partial charge in [-0.2, -0.15) is 10.1 Å². The highest BCUT2D eigenvalue weighted by molar-refractivity contribution is 5.54. The van der Waals surface area contributed by atoms with Gasteiger partial charge in [0.1, 0.15) is 0 Å². The predicted octanol–water partition coefficient (Wildman–Crippen LogP) is 1.26. The zero-order valence-corrected chi connectivity index (χ0v) is 12.6. The van der Waals surface area contributed by atoms with E-state index in [4.69, 9.17) is 10.3 Å². The predicted molar refractivity (Wildman–Crippen MR) is 78.5 cm³/mol. The van der Waals surface area contributed by atoms with Crippen LogP contribution in [0.5, 0.6) is 0 Å². The summed E-state index contributed by atoms with van der Waals surface area (Å²) in [6, 6.07) is -0.211. The second-order valence-corrected chi connectivity index (χ2v) is 5.69. The van der Waals surface area contributed by atoms with E-state index in [0.717, 1.165) is 30.9 Å². The molecule has 7 heteroatoms. The molecule has 3 heterocycles. The fraction of sp³-hybridized carbons (Fsp3) is 0.643. The maximum absolute atomic E-state index is 6.21. The molecule has 3 rings (SSSR count). The molecule has 0 spiro atoms. The van der Waals surface area contributed by atoms with Crippen LogP contribution in [0, 0.1) is 6.92 Å². The van der Waals surface area contributed by atoms with E-state index < -0.39 is 0 Å². The molecular formula is C14H22N6O. The molecule has 0 bridgehead atoms. The molecule has 7 nitrogen and oxygen atoms in total. The zero-order valence-electron chi connectivity index (χ0n) is 12.6. The molecule has 1 unspecified atom stereocenters. The minimum absolute atomic E-state index is 0.211. The average Bonchev–Trinajstić information content (AvgIpc) is 3.09. The van der Waals surface area contributed by atoms with Crippen LogP contribution in [-0.2, 0) is 7.05 Å². The Morgan fingerprint density at radius 2 is 2.10 bits per heavy atom. The molecule has 0 aliphatic carbocycles. The van der Waals surface area contributed by atoms with Gasteiger partial charge < -0.3 is 15.2 Å². The van der Waals surface area contributed by atoms with Crippen LogP contribution in [0.1, 0.15) is 36.8 Å². The van der Waals surface area contributed by atoms with E-state index in [1.54, 1.807) is 10.9 Å². The quantitative estimate of drug-likeness (QED) is 0.912. The molecule has 2 aromatic rings. The van der Waals surface area contributed by atoms with Gasteiger partial charge >= 0.3 is 0 Å². The molecule has 0 saturated carbocycles. The standard InChI is InChI=1S/C14H22N6O/c1-10-11(8-16-19(10)2)14-17-13(18-21-14)12(15)9-20-6-4-3-5-7-20/h8,12H,3-7,9,15H2,1-2H3. The lowest BCUT2D eigenvalue weighted by Gasteiger charge is -2.27. The van der Waals surface area contributed by atoms with Gasteiger partial charge in [0.2, 0.25) is 0 Å². The van der Waals surface area contributed by atoms with Gasteiger partial charge in [-0.1, -0.05) is 11.6 Å². The maximum atomic E-state index is 6.21. The van der Waals surface area contributed by atoms with Crippen molar-refractivity contribution in [1.29, 1.82) is 0 Å². The van der Waals surface area contributed by atoms with E-state index in [0.29, 0.717) is 11.7 Å². The molecule has 2 aromatic heterocycles. The Hall–Kier alpha value is -1.73. The van der Waals surface area contributed by atoms with E-state index in [2.05, 4.69) is 20.1 Å². The Morgan fingerprint density at radius 1 is 1.33 bits per heavy atom. The lowest BCUT2D eigenvalue weighted by Crippen LogP contribution is -2.36. The Kier molecular flexibility index (Phi) is 4.03. The van der Waals surface area contributed by atoms with Crippen LogP contribution in [0.4, 0.5) is 0 Å². The van der Waals surface area contributed by atoms with E-state index >= 15 is 0 Å². The highest BCUT2D eigenvalue weighted by atomic mass is 16.5. The minimum atomic E-state index is -0.211. The lowest BCUT2D eigenvalue weighted by molar-refractivity contribution is 0.213. The molecule has 0 radical (unpaired) electrons. The third-order valence-electron chi connectivity index (χ3n) is 4.14. The van der Waals surface area contributed by atoms with Crippen molar-refractivity contribution >= 4 is 0 Å². The lowest BCUT2D eigenvalue weighted by atomic mass is 10.1. The van der Waals surface area contributed by atoms with Crippen LogP contribution in [0.25, 0.3) is 11.5 Å². The van der Waals surface area contributed by atoms with Crippen molar-refractivity contribution in [3.8, 4) is 11.5 Å². The molecule has 114 valence electrons. The van der Waals surface area contributed by atoms with Gasteiger partial charge in [0, 0.05) is 19.3 Å². The summed E-state index contributed by atoms with van der Waals surface area (Å²) in [6.45, 7) is 4.98. The first-order valence-electron chi connectivity index (χ1n) is 7.45. The number of nitrogens with zero attached hydrogens (tertiary/aromatic N) is 5. The normalized spacial score (nSPS) is 18.0. The smallest absolute Gasteiger partial charge is 0.261 e. The van der Waals surface area contributed by atoms with Gasteiger partial charge in [0.25, 0.3) is 5.89 Å². The topological polar surface area (TPSA) is 86.0 Å². The molecule has 0 aromatic carbocycles. The van der Waals surface area contributed by atoms with Gasteiger partial charge in [-0.15, -0.1) is 0 Å². The number of rotatable bonds is 4. The fourth-order valence-corrected chi connectivity index (χ4v) is 2.71. The molecular weight excluding hydrogens is 268 g/mol. The maximum Gasteiger partial charge on any atom is 0.261 e. The number of hydrogen-bond acceptors (Lipinski definition) is 6. The van der Waals surface area contributed by atoms with Crippen molar-refractivity contribution in [1.82, 2.24) is 24.8 Å². The molecule has 2 N–H and O–H groups in total. The monoisotopic (exact) mass is 290 g/mol. The molecule has 1 fully saturated rings. The summed E-state index contributed by atoms with van der Waals surface area (Å²) in [5.74, 6) is 1.06. The number of aromatic nitrogens is 4. The zero-order chi connectivity index (χ0) is 14.8. The fourth-order valence-electron chi connectivity index (χ4n) is 2.71. The van der Waals surface area contributed by atoms with Gasteiger partial charge in [-0.3, -0.25) is 4.68 Å². The number of nitrogens with two attached hydrogens (primary N) is 1. The summed E-state index contributed by atoms with van der Waals surface area (Å²) in [7, 11) is 1.89. The molecule has 1 aliphatic heterocycles. The van der Waals surface area contributed by atoms with Crippen LogP contribution < -0.4 is 5.73 Å². The first kappa shape index (κ1) is 14.2. The Bertz CT molecular complexity index is 598. The van der Waals surface area contributed by atoms with Crippen molar-refractivity contribution in [3.63, 3.8) is 0 Å². The molecule has 1 saturated heterocycles. The Morgan fingerprint density at radius 3 is 2.76 bits per heavy atom. The number of piperidine rings is 1. The molecule has 0 amide bonds. The van der Waals surface area contributed by atoms with Crippen molar-refractivity contribution in [2.24, 2.45) is 12.8 Å². The van der Waals surface area contributed by atoms with E-state index in [1.165, 1.54) is 19.3 Å². The average molecular weight is 290 g/mol. The third kappa shape index (κ3) is 2.98. The van der Waals surface area contributed by atoms with Gasteiger partial charge in [-0.25, -0.2) is 0 Å². The van der Waals surface area contributed by atoms with Crippen LogP contribution >= 0.6 is 0 Å². The summed E-state index contributed by atoms with van der Waals surface area (Å²) in [5.41, 5.74) is 8.07. The minimum Gasteiger partial charge on any atom is -0.334 e. The number of hydrogen-bond donors (Lipinski definition) is 1. The molecule has 1 aliphatic rings. The largest absolute Gasteiger partial charge is 0.334 e. The van der Waals surface area contributed by atoms with Crippen molar-refractivity contribution in [3.05, 3.63) is 17.7 Å². The summed E-state index contributed by atoms with van der Waals surface area (Å²) in [6.07, 6.45) is 5.55. The summed E-state index contributed by atoms with van der Waals surface area (Å²) in [4.78, 5) is 6.81. The van der Waals surface area contributed by atoms with Crippen LogP contribution in [0.15, 0.2) is 10.7 Å². The number of likely N-dealkylation sites (tertiary alicyclic amines) is 1. The van der Waals surface area contributed by atoms with Crippen molar-refractivity contribution in [2.45, 2.75) is 32.2 Å². The molecule has 1 atom stereocenters. The van der Waals surface area contributed by atoms with Gasteiger partial charge in [-0.05, 0) is 32.9 Å². The van der Waals surface area contributed by atoms with Gasteiger partial charge in [0.15, 0.2) is 5.82 Å². The highest BCUT2D eigenvalue weighted by Crippen LogP contribution is 2.22. The molecule has 21 heavy (non-hydrogen) atoms. The second kappa shape index (κ2) is 5.95. The summed E-state index contributed by atoms with van der Waals surface area (Å²) in [5, 5.41) is 8.22. The van der Waals surface area contributed by atoms with E-state index in [-0.39, 0.29) is 6.04 Å². The second-order valence-electron chi connectivity index (χ2n) is 5.69. The third-order valence-corrected chi connectivity index (χ3v) is 4.14. The van der Waals surface area contributed by atoms with E-state index in [9.17, 15) is 0 Å². The van der Waals surface area contributed by atoms with Crippen LogP contribution in [0.3, 0.4) is 0 Å². The summed E-state index contributed by atoms with van der Waals surface area (Å²) >= 11 is 0. The first-order valence-corrected chi connectivity index (χ1v) is 7.45. The highest BCUT2D eigenvalue weighted by Gasteiger charge is 2.21. The number of aryl methyl sites for hydroxylation is 1. The first-order chi connectivity index (χ1) is 10.1.